The van der Waals surface area contributed by atoms with Gasteiger partial charge in [-0.1, -0.05) is 35.6 Å². The molecule has 194 valence electrons. The third-order valence-electron chi connectivity index (χ3n) is 5.26. The SMILES string of the molecule is O=C(/C=C/CN1CCOCC1)Nc1cnc(-c2cccc(CC(=O)Nc3ncc(C(F)(F)F)s3)c2)cn1. The van der Waals surface area contributed by atoms with Crippen LogP contribution in [0.15, 0.2) is 55.0 Å². The van der Waals surface area contributed by atoms with Crippen molar-refractivity contribution in [3.63, 3.8) is 0 Å². The first-order chi connectivity index (χ1) is 17.8. The van der Waals surface area contributed by atoms with Crippen LogP contribution in [0.4, 0.5) is 24.1 Å². The molecule has 0 unspecified atom stereocenters. The molecule has 1 aromatic carbocycles. The van der Waals surface area contributed by atoms with Gasteiger partial charge in [0.2, 0.25) is 11.8 Å². The lowest BCUT2D eigenvalue weighted by Gasteiger charge is -2.24. The van der Waals surface area contributed by atoms with Gasteiger partial charge in [-0.05, 0) is 11.6 Å². The fourth-order valence-corrected chi connectivity index (χ4v) is 4.15. The van der Waals surface area contributed by atoms with Crippen molar-refractivity contribution in [2.45, 2.75) is 12.6 Å². The number of alkyl halides is 3. The zero-order valence-electron chi connectivity index (χ0n) is 19.5. The molecule has 0 radical (unpaired) electrons. The van der Waals surface area contributed by atoms with Gasteiger partial charge in [0.25, 0.3) is 0 Å². The number of amides is 2. The number of nitrogens with one attached hydrogen (secondary N) is 2. The quantitative estimate of drug-likeness (QED) is 0.427. The Morgan fingerprint density at radius 2 is 1.89 bits per heavy atom. The van der Waals surface area contributed by atoms with Crippen LogP contribution in [0.3, 0.4) is 0 Å². The van der Waals surface area contributed by atoms with Crippen molar-refractivity contribution in [1.82, 2.24) is 19.9 Å². The van der Waals surface area contributed by atoms with Crippen LogP contribution in [-0.2, 0) is 26.9 Å². The van der Waals surface area contributed by atoms with Gasteiger partial charge in [0.1, 0.15) is 4.88 Å². The Morgan fingerprint density at radius 3 is 2.59 bits per heavy atom. The minimum atomic E-state index is -4.51. The lowest BCUT2D eigenvalue weighted by Crippen LogP contribution is -2.36. The Hall–Kier alpha value is -3.68. The summed E-state index contributed by atoms with van der Waals surface area (Å²) in [4.78, 5) is 37.9. The van der Waals surface area contributed by atoms with Crippen LogP contribution in [-0.4, -0.2) is 64.5 Å². The minimum Gasteiger partial charge on any atom is -0.379 e. The Morgan fingerprint density at radius 1 is 1.08 bits per heavy atom. The number of carbonyl (C=O) groups excluding carboxylic acids is 2. The number of hydrogen-bond acceptors (Lipinski definition) is 8. The van der Waals surface area contributed by atoms with Crippen molar-refractivity contribution in [1.29, 1.82) is 0 Å². The van der Waals surface area contributed by atoms with E-state index in [0.29, 0.717) is 59.9 Å². The van der Waals surface area contributed by atoms with E-state index in [9.17, 15) is 22.8 Å². The monoisotopic (exact) mass is 532 g/mol. The molecule has 3 aromatic rings. The average Bonchev–Trinajstić information content (AvgIpc) is 3.34. The Balaban J connectivity index is 1.30. The number of hydrogen-bond donors (Lipinski definition) is 2. The van der Waals surface area contributed by atoms with Crippen LogP contribution in [0.5, 0.6) is 0 Å². The summed E-state index contributed by atoms with van der Waals surface area (Å²) >= 11 is 0.368. The van der Waals surface area contributed by atoms with Crippen LogP contribution in [0, 0.1) is 0 Å². The largest absolute Gasteiger partial charge is 0.427 e. The highest BCUT2D eigenvalue weighted by molar-refractivity contribution is 7.15. The number of anilines is 2. The molecule has 0 atom stereocenters. The number of aromatic nitrogens is 3. The summed E-state index contributed by atoms with van der Waals surface area (Å²) in [5.74, 6) is -0.515. The summed E-state index contributed by atoms with van der Waals surface area (Å²) in [5, 5.41) is 4.93. The average molecular weight is 533 g/mol. The molecular formula is C24H23F3N6O3S. The molecular weight excluding hydrogens is 509 g/mol. The number of carbonyl (C=O) groups is 2. The van der Waals surface area contributed by atoms with Gasteiger partial charge >= 0.3 is 6.18 Å². The van der Waals surface area contributed by atoms with E-state index in [1.165, 1.54) is 18.5 Å². The smallest absolute Gasteiger partial charge is 0.379 e. The first-order valence-corrected chi connectivity index (χ1v) is 12.1. The summed E-state index contributed by atoms with van der Waals surface area (Å²) in [6, 6.07) is 6.98. The van der Waals surface area contributed by atoms with Crippen molar-refractivity contribution in [2.24, 2.45) is 0 Å². The van der Waals surface area contributed by atoms with Gasteiger partial charge in [0.15, 0.2) is 10.9 Å². The molecule has 3 heterocycles. The predicted molar refractivity (Wildman–Crippen MR) is 132 cm³/mol. The fourth-order valence-electron chi connectivity index (χ4n) is 3.45. The molecule has 13 heteroatoms. The molecule has 0 spiro atoms. The standard InChI is InChI=1S/C24H23F3N6O3S/c25-24(26,27)19-14-30-23(37-19)32-22(35)12-16-3-1-4-17(11-16)18-13-29-20(15-28-18)31-21(34)5-2-6-33-7-9-36-10-8-33/h1-5,11,13-15H,6-10,12H2,(H,29,31,34)(H,30,32,35)/b5-2+. The van der Waals surface area contributed by atoms with Crippen LogP contribution in [0.25, 0.3) is 11.3 Å². The van der Waals surface area contributed by atoms with Crippen LogP contribution >= 0.6 is 11.3 Å². The molecule has 1 aliphatic heterocycles. The van der Waals surface area contributed by atoms with Crippen molar-refractivity contribution in [3.8, 4) is 11.3 Å². The fraction of sp³-hybridized carbons (Fsp3) is 0.292. The second-order valence-corrected chi connectivity index (χ2v) is 9.07. The number of ether oxygens (including phenoxy) is 1. The second-order valence-electron chi connectivity index (χ2n) is 8.04. The second kappa shape index (κ2) is 12.0. The summed E-state index contributed by atoms with van der Waals surface area (Å²) in [6.45, 7) is 3.71. The van der Waals surface area contributed by atoms with Gasteiger partial charge in [0.05, 0.1) is 43.9 Å². The maximum Gasteiger partial charge on any atom is 0.427 e. The highest BCUT2D eigenvalue weighted by Crippen LogP contribution is 2.35. The number of nitrogens with zero attached hydrogens (tertiary/aromatic N) is 4. The van der Waals surface area contributed by atoms with Gasteiger partial charge in [-0.15, -0.1) is 0 Å². The zero-order valence-corrected chi connectivity index (χ0v) is 20.3. The van der Waals surface area contributed by atoms with Crippen molar-refractivity contribution in [3.05, 3.63) is 65.4 Å². The number of halogens is 3. The first-order valence-electron chi connectivity index (χ1n) is 11.3. The van der Waals surface area contributed by atoms with Gasteiger partial charge in [-0.3, -0.25) is 19.5 Å². The first kappa shape index (κ1) is 26.4. The number of benzene rings is 1. The lowest BCUT2D eigenvalue weighted by atomic mass is 10.1. The third-order valence-corrected chi connectivity index (χ3v) is 6.22. The number of rotatable bonds is 8. The molecule has 1 aliphatic rings. The van der Waals surface area contributed by atoms with E-state index in [-0.39, 0.29) is 17.5 Å². The molecule has 37 heavy (non-hydrogen) atoms. The van der Waals surface area contributed by atoms with E-state index in [1.807, 2.05) is 0 Å². The molecule has 0 saturated carbocycles. The maximum absolute atomic E-state index is 12.7. The van der Waals surface area contributed by atoms with Gasteiger partial charge in [-0.25, -0.2) is 9.97 Å². The summed E-state index contributed by atoms with van der Waals surface area (Å²) < 4.78 is 43.4. The Kier molecular flexibility index (Phi) is 8.58. The Labute approximate surface area is 214 Å². The van der Waals surface area contributed by atoms with Crippen molar-refractivity contribution in [2.75, 3.05) is 43.5 Å². The van der Waals surface area contributed by atoms with Crippen molar-refractivity contribution < 1.29 is 27.5 Å². The summed E-state index contributed by atoms with van der Waals surface area (Å²) in [5.41, 5.74) is 1.85. The molecule has 2 N–H and O–H groups in total. The normalized spacial score (nSPS) is 14.6. The van der Waals surface area contributed by atoms with E-state index >= 15 is 0 Å². The van der Waals surface area contributed by atoms with E-state index in [2.05, 4.69) is 30.5 Å². The third kappa shape index (κ3) is 7.90. The Bertz CT molecular complexity index is 1260. The molecule has 0 aliphatic carbocycles. The predicted octanol–water partition coefficient (Wildman–Crippen LogP) is 3.63. The number of morpholine rings is 1. The van der Waals surface area contributed by atoms with E-state index in [0.717, 1.165) is 13.1 Å². The molecule has 1 saturated heterocycles. The van der Waals surface area contributed by atoms with Gasteiger partial charge in [0, 0.05) is 31.3 Å². The maximum atomic E-state index is 12.7. The molecule has 0 bridgehead atoms. The molecule has 2 amide bonds. The van der Waals surface area contributed by atoms with Crippen LogP contribution in [0.2, 0.25) is 0 Å². The van der Waals surface area contributed by atoms with Crippen LogP contribution < -0.4 is 10.6 Å². The number of thiazole rings is 1. The molecule has 1 fully saturated rings. The molecule has 2 aromatic heterocycles. The molecule has 9 nitrogen and oxygen atoms in total. The zero-order chi connectivity index (χ0) is 26.3. The summed E-state index contributed by atoms with van der Waals surface area (Å²) in [7, 11) is 0. The van der Waals surface area contributed by atoms with E-state index in [4.69, 9.17) is 4.74 Å². The topological polar surface area (TPSA) is 109 Å². The minimum absolute atomic E-state index is 0.0624. The van der Waals surface area contributed by atoms with Gasteiger partial charge in [-0.2, -0.15) is 13.2 Å². The molecule has 4 rings (SSSR count). The van der Waals surface area contributed by atoms with E-state index < -0.39 is 17.0 Å². The van der Waals surface area contributed by atoms with Crippen molar-refractivity contribution >= 4 is 34.1 Å². The lowest BCUT2D eigenvalue weighted by molar-refractivity contribution is -0.134. The highest BCUT2D eigenvalue weighted by Gasteiger charge is 2.33. The van der Waals surface area contributed by atoms with Crippen LogP contribution in [0.1, 0.15) is 10.4 Å². The van der Waals surface area contributed by atoms with E-state index in [1.54, 1.807) is 30.3 Å². The van der Waals surface area contributed by atoms with Gasteiger partial charge < -0.3 is 15.4 Å². The summed E-state index contributed by atoms with van der Waals surface area (Å²) in [6.07, 6.45) is 2.29. The highest BCUT2D eigenvalue weighted by atomic mass is 32.1.